The van der Waals surface area contributed by atoms with E-state index in [1.54, 1.807) is 0 Å². The van der Waals surface area contributed by atoms with E-state index in [0.29, 0.717) is 11.9 Å². The molecular weight excluding hydrogens is 268 g/mol. The minimum absolute atomic E-state index is 0.201. The summed E-state index contributed by atoms with van der Waals surface area (Å²) in [5.41, 5.74) is -0.457. The van der Waals surface area contributed by atoms with Crippen molar-refractivity contribution in [3.05, 3.63) is 0 Å². The average Bonchev–Trinajstić information content (AvgIpc) is 2.52. The molecule has 0 aromatic rings. The normalized spacial score (nSPS) is 22.1. The van der Waals surface area contributed by atoms with Gasteiger partial charge in [0.25, 0.3) is 0 Å². The van der Waals surface area contributed by atoms with E-state index in [1.807, 2.05) is 25.6 Å². The van der Waals surface area contributed by atoms with Crippen LogP contribution in [0.2, 0.25) is 0 Å². The third-order valence-corrected chi connectivity index (χ3v) is 5.05. The maximum absolute atomic E-state index is 12.6. The van der Waals surface area contributed by atoms with Crippen LogP contribution in [0.25, 0.3) is 0 Å². The Balaban J connectivity index is 2.81. The molecule has 106 valence electrons. The van der Waals surface area contributed by atoms with E-state index in [9.17, 15) is 4.79 Å². The van der Waals surface area contributed by atoms with Crippen molar-refractivity contribution in [2.45, 2.75) is 26.3 Å². The van der Waals surface area contributed by atoms with Crippen molar-refractivity contribution < 1.29 is 4.79 Å². The molecule has 1 atom stereocenters. The molecule has 5 heteroatoms. The van der Waals surface area contributed by atoms with E-state index in [1.165, 1.54) is 0 Å². The molecule has 1 aliphatic heterocycles. The molecule has 0 spiro atoms. The smallest absolute Gasteiger partial charge is 0.229 e. The summed E-state index contributed by atoms with van der Waals surface area (Å²) in [7, 11) is 4.12. The van der Waals surface area contributed by atoms with Gasteiger partial charge in [-0.1, -0.05) is 0 Å². The standard InChI is InChI=1S/C13H25ClN2OS/c1-13(2,10-14)12(17)16-6-5-7-18-9-11(16)8-15(3)4/h11H,5-10H2,1-4H3. The van der Waals surface area contributed by atoms with Crippen molar-refractivity contribution in [1.82, 2.24) is 9.80 Å². The first-order valence-corrected chi connectivity index (χ1v) is 8.17. The summed E-state index contributed by atoms with van der Waals surface area (Å²) in [6, 6.07) is 0.308. The van der Waals surface area contributed by atoms with Gasteiger partial charge in [0, 0.05) is 24.7 Å². The van der Waals surface area contributed by atoms with E-state index in [-0.39, 0.29) is 5.91 Å². The Morgan fingerprint density at radius 2 is 2.17 bits per heavy atom. The molecule has 0 saturated carbocycles. The van der Waals surface area contributed by atoms with E-state index in [0.717, 1.165) is 31.0 Å². The fraction of sp³-hybridized carbons (Fsp3) is 0.923. The Morgan fingerprint density at radius 3 is 2.72 bits per heavy atom. The number of halogens is 1. The lowest BCUT2D eigenvalue weighted by Gasteiger charge is -2.36. The van der Waals surface area contributed by atoms with Crippen molar-refractivity contribution in [3.8, 4) is 0 Å². The predicted octanol–water partition coefficient (Wildman–Crippen LogP) is 2.15. The highest BCUT2D eigenvalue weighted by Crippen LogP contribution is 2.25. The topological polar surface area (TPSA) is 23.6 Å². The molecule has 0 bridgehead atoms. The first kappa shape index (κ1) is 16.1. The lowest BCUT2D eigenvalue weighted by atomic mass is 9.93. The Bertz CT molecular complexity index is 284. The van der Waals surface area contributed by atoms with Crippen LogP contribution >= 0.6 is 23.4 Å². The van der Waals surface area contributed by atoms with Crippen LogP contribution in [0.15, 0.2) is 0 Å². The number of nitrogens with zero attached hydrogens (tertiary/aromatic N) is 2. The van der Waals surface area contributed by atoms with Gasteiger partial charge in [-0.15, -0.1) is 11.6 Å². The van der Waals surface area contributed by atoms with Crippen molar-refractivity contribution in [2.75, 3.05) is 44.6 Å². The van der Waals surface area contributed by atoms with E-state index < -0.39 is 5.41 Å². The number of carbonyl (C=O) groups excluding carboxylic acids is 1. The maximum Gasteiger partial charge on any atom is 0.229 e. The lowest BCUT2D eigenvalue weighted by molar-refractivity contribution is -0.141. The van der Waals surface area contributed by atoms with Crippen LogP contribution in [0.3, 0.4) is 0 Å². The van der Waals surface area contributed by atoms with Crippen molar-refractivity contribution in [3.63, 3.8) is 0 Å². The van der Waals surface area contributed by atoms with Crippen LogP contribution < -0.4 is 0 Å². The first-order valence-electron chi connectivity index (χ1n) is 6.48. The van der Waals surface area contributed by atoms with Gasteiger partial charge in [-0.05, 0) is 40.1 Å². The summed E-state index contributed by atoms with van der Waals surface area (Å²) in [4.78, 5) is 16.8. The molecule has 3 nitrogen and oxygen atoms in total. The molecular formula is C13H25ClN2OS. The summed E-state index contributed by atoms with van der Waals surface area (Å²) in [6.45, 7) is 5.67. The molecule has 0 radical (unpaired) electrons. The number of thioether (sulfide) groups is 1. The summed E-state index contributed by atoms with van der Waals surface area (Å²) in [5, 5.41) is 0. The van der Waals surface area contributed by atoms with Gasteiger partial charge in [-0.3, -0.25) is 4.79 Å². The van der Waals surface area contributed by atoms with Crippen molar-refractivity contribution in [1.29, 1.82) is 0 Å². The number of rotatable bonds is 4. The van der Waals surface area contributed by atoms with Crippen LogP contribution in [0.4, 0.5) is 0 Å². The molecule has 1 aliphatic rings. The number of amides is 1. The number of alkyl halides is 1. The molecule has 0 aromatic heterocycles. The van der Waals surface area contributed by atoms with E-state index in [2.05, 4.69) is 23.9 Å². The third kappa shape index (κ3) is 4.32. The molecule has 0 N–H and O–H groups in total. The Hall–Kier alpha value is 0.0700. The van der Waals surface area contributed by atoms with Gasteiger partial charge in [0.2, 0.25) is 5.91 Å². The lowest BCUT2D eigenvalue weighted by Crippen LogP contribution is -2.51. The fourth-order valence-electron chi connectivity index (χ4n) is 2.11. The predicted molar refractivity (Wildman–Crippen MR) is 80.5 cm³/mol. The zero-order valence-corrected chi connectivity index (χ0v) is 13.5. The van der Waals surface area contributed by atoms with Crippen LogP contribution in [-0.4, -0.2) is 66.3 Å². The molecule has 1 heterocycles. The van der Waals surface area contributed by atoms with Gasteiger partial charge in [-0.25, -0.2) is 0 Å². The Kier molecular flexibility index (Phi) is 6.28. The SMILES string of the molecule is CN(C)CC1CSCCCN1C(=O)C(C)(C)CCl. The number of hydrogen-bond donors (Lipinski definition) is 0. The summed E-state index contributed by atoms with van der Waals surface area (Å²) >= 11 is 7.89. The summed E-state index contributed by atoms with van der Waals surface area (Å²) in [6.07, 6.45) is 1.08. The maximum atomic E-state index is 12.6. The molecule has 1 amide bonds. The highest BCUT2D eigenvalue weighted by molar-refractivity contribution is 7.99. The van der Waals surface area contributed by atoms with Crippen LogP contribution in [0.5, 0.6) is 0 Å². The third-order valence-electron chi connectivity index (χ3n) is 3.19. The average molecular weight is 293 g/mol. The highest BCUT2D eigenvalue weighted by Gasteiger charge is 2.35. The second-order valence-electron chi connectivity index (χ2n) is 5.86. The molecule has 1 saturated heterocycles. The molecule has 0 aliphatic carbocycles. The van der Waals surface area contributed by atoms with Gasteiger partial charge < -0.3 is 9.80 Å². The summed E-state index contributed by atoms with van der Waals surface area (Å²) in [5.74, 6) is 2.76. The molecule has 0 aromatic carbocycles. The van der Waals surface area contributed by atoms with E-state index in [4.69, 9.17) is 11.6 Å². The van der Waals surface area contributed by atoms with E-state index >= 15 is 0 Å². The molecule has 1 fully saturated rings. The minimum Gasteiger partial charge on any atom is -0.337 e. The minimum atomic E-state index is -0.457. The van der Waals surface area contributed by atoms with Gasteiger partial charge in [0.1, 0.15) is 0 Å². The van der Waals surface area contributed by atoms with Crippen LogP contribution in [-0.2, 0) is 4.79 Å². The molecule has 1 unspecified atom stereocenters. The number of carbonyl (C=O) groups is 1. The Labute approximate surface area is 120 Å². The second kappa shape index (κ2) is 7.01. The second-order valence-corrected chi connectivity index (χ2v) is 7.28. The quantitative estimate of drug-likeness (QED) is 0.742. The van der Waals surface area contributed by atoms with Gasteiger partial charge in [0.05, 0.1) is 11.5 Å². The largest absolute Gasteiger partial charge is 0.337 e. The number of likely N-dealkylation sites (N-methyl/N-ethyl adjacent to an activating group) is 1. The van der Waals surface area contributed by atoms with Gasteiger partial charge >= 0.3 is 0 Å². The van der Waals surface area contributed by atoms with Crippen molar-refractivity contribution in [2.24, 2.45) is 5.41 Å². The monoisotopic (exact) mass is 292 g/mol. The molecule has 1 rings (SSSR count). The van der Waals surface area contributed by atoms with Crippen LogP contribution in [0.1, 0.15) is 20.3 Å². The zero-order chi connectivity index (χ0) is 13.8. The fourth-order valence-corrected chi connectivity index (χ4v) is 3.29. The van der Waals surface area contributed by atoms with Gasteiger partial charge in [-0.2, -0.15) is 11.8 Å². The van der Waals surface area contributed by atoms with Gasteiger partial charge in [0.15, 0.2) is 0 Å². The van der Waals surface area contributed by atoms with Crippen LogP contribution in [0, 0.1) is 5.41 Å². The highest BCUT2D eigenvalue weighted by atomic mass is 35.5. The molecule has 18 heavy (non-hydrogen) atoms. The zero-order valence-electron chi connectivity index (χ0n) is 11.9. The Morgan fingerprint density at radius 1 is 1.50 bits per heavy atom. The number of hydrogen-bond acceptors (Lipinski definition) is 3. The van der Waals surface area contributed by atoms with Crippen molar-refractivity contribution >= 4 is 29.3 Å². The first-order chi connectivity index (χ1) is 8.38. The summed E-state index contributed by atoms with van der Waals surface area (Å²) < 4.78 is 0.